The molecule has 52 heavy (non-hydrogen) atoms. The van der Waals surface area contributed by atoms with Gasteiger partial charge in [-0.3, -0.25) is 0 Å². The van der Waals surface area contributed by atoms with E-state index in [4.69, 9.17) is 13.6 Å². The number of aryl methyl sites for hydroxylation is 2. The molecule has 0 N–H and O–H groups in total. The molecule has 0 spiro atoms. The van der Waals surface area contributed by atoms with Crippen molar-refractivity contribution in [2.24, 2.45) is 0 Å². The van der Waals surface area contributed by atoms with Gasteiger partial charge in [0.2, 0.25) is 0 Å². The molecule has 0 fully saturated rings. The number of benzene rings is 6. The molecule has 0 atom stereocenters. The van der Waals surface area contributed by atoms with Gasteiger partial charge in [-0.05, 0) is 121 Å². The van der Waals surface area contributed by atoms with Crippen LogP contribution >= 0.6 is 8.60 Å². The van der Waals surface area contributed by atoms with Gasteiger partial charge < -0.3 is 13.6 Å². The summed E-state index contributed by atoms with van der Waals surface area (Å²) in [5, 5.41) is 6.96. The maximum atomic E-state index is 7.04. The fraction of sp³-hybridized carbons (Fsp3) is 0.375. The third-order valence-electron chi connectivity index (χ3n) is 10.0. The molecule has 272 valence electrons. The molecule has 0 radical (unpaired) electrons. The zero-order valence-electron chi connectivity index (χ0n) is 33.8. The summed E-state index contributed by atoms with van der Waals surface area (Å²) in [6, 6.07) is 33.3. The Morgan fingerprint density at radius 2 is 0.750 bits per heavy atom. The van der Waals surface area contributed by atoms with Crippen LogP contribution in [-0.2, 0) is 21.7 Å². The largest absolute Gasteiger partial charge is 0.530 e. The van der Waals surface area contributed by atoms with Crippen molar-refractivity contribution in [3.63, 3.8) is 0 Å². The van der Waals surface area contributed by atoms with E-state index in [1.54, 1.807) is 0 Å². The molecule has 0 aliphatic heterocycles. The Labute approximate surface area is 313 Å². The van der Waals surface area contributed by atoms with Crippen molar-refractivity contribution < 1.29 is 13.6 Å². The van der Waals surface area contributed by atoms with Crippen LogP contribution in [-0.4, -0.2) is 0 Å². The van der Waals surface area contributed by atoms with Gasteiger partial charge in [-0.1, -0.05) is 143 Å². The van der Waals surface area contributed by atoms with Gasteiger partial charge >= 0.3 is 8.60 Å². The van der Waals surface area contributed by atoms with Gasteiger partial charge in [-0.15, -0.1) is 0 Å². The van der Waals surface area contributed by atoms with Gasteiger partial charge in [-0.25, -0.2) is 0 Å². The normalized spacial score (nSPS) is 13.0. The molecule has 0 aliphatic rings. The first-order valence-electron chi connectivity index (χ1n) is 18.6. The average Bonchev–Trinajstić information content (AvgIpc) is 3.02. The second kappa shape index (κ2) is 13.4. The van der Waals surface area contributed by atoms with Gasteiger partial charge in [0.25, 0.3) is 0 Å². The van der Waals surface area contributed by atoms with Crippen molar-refractivity contribution >= 4 is 40.9 Å². The van der Waals surface area contributed by atoms with E-state index in [9.17, 15) is 0 Å². The number of hydrogen-bond acceptors (Lipinski definition) is 3. The van der Waals surface area contributed by atoms with Crippen LogP contribution in [0.3, 0.4) is 0 Å². The maximum absolute atomic E-state index is 7.04. The van der Waals surface area contributed by atoms with E-state index in [1.165, 1.54) is 32.8 Å². The molecule has 6 aromatic rings. The molecule has 6 rings (SSSR count). The molecule has 0 aromatic heterocycles. The number of hydrogen-bond donors (Lipinski definition) is 0. The topological polar surface area (TPSA) is 27.7 Å². The van der Waals surface area contributed by atoms with Crippen molar-refractivity contribution in [3.8, 4) is 17.2 Å². The SMILES string of the molecule is Cc1ccc2cc(OP(Oc3cc4ccc(C(C)(C)C)cc4cc3C(C)(C)C)Oc3cc4ccc(C(C)(C)C)cc4cc3C(C)(C)C)c(C)cc2c1. The van der Waals surface area contributed by atoms with Gasteiger partial charge in [0.05, 0.1) is 0 Å². The minimum absolute atomic E-state index is 0.0522. The first-order valence-corrected chi connectivity index (χ1v) is 19.7. The molecular weight excluding hydrogens is 655 g/mol. The van der Waals surface area contributed by atoms with E-state index in [0.717, 1.165) is 50.1 Å². The van der Waals surface area contributed by atoms with E-state index in [-0.39, 0.29) is 21.7 Å². The van der Waals surface area contributed by atoms with Gasteiger partial charge in [-0.2, -0.15) is 0 Å². The molecule has 0 unspecified atom stereocenters. The van der Waals surface area contributed by atoms with E-state index < -0.39 is 8.60 Å². The molecule has 0 saturated carbocycles. The van der Waals surface area contributed by atoms with Crippen LogP contribution < -0.4 is 13.6 Å². The first-order chi connectivity index (χ1) is 24.1. The van der Waals surface area contributed by atoms with Gasteiger partial charge in [0.1, 0.15) is 17.2 Å². The lowest BCUT2D eigenvalue weighted by atomic mass is 9.83. The smallest absolute Gasteiger partial charge is 0.408 e. The molecule has 0 amide bonds. The average molecular weight is 713 g/mol. The molecule has 4 heteroatoms. The van der Waals surface area contributed by atoms with Crippen LogP contribution in [0.2, 0.25) is 0 Å². The van der Waals surface area contributed by atoms with Crippen molar-refractivity contribution in [3.05, 3.63) is 124 Å². The molecule has 6 aromatic carbocycles. The second-order valence-corrected chi connectivity index (χ2v) is 19.8. The zero-order chi connectivity index (χ0) is 38.0. The van der Waals surface area contributed by atoms with Crippen LogP contribution in [0, 0.1) is 13.8 Å². The van der Waals surface area contributed by atoms with E-state index in [0.29, 0.717) is 0 Å². The molecule has 0 saturated heterocycles. The second-order valence-electron chi connectivity index (χ2n) is 18.8. The summed E-state index contributed by atoms with van der Waals surface area (Å²) in [7, 11) is -1.95. The number of rotatable bonds is 6. The van der Waals surface area contributed by atoms with Crippen molar-refractivity contribution in [2.75, 3.05) is 0 Å². The highest BCUT2D eigenvalue weighted by atomic mass is 31.2. The minimum atomic E-state index is -1.95. The lowest BCUT2D eigenvalue weighted by Crippen LogP contribution is -2.16. The Kier molecular flexibility index (Phi) is 9.72. The van der Waals surface area contributed by atoms with Crippen LogP contribution in [0.15, 0.2) is 91.0 Å². The Hall–Kier alpha value is -4.07. The highest BCUT2D eigenvalue weighted by Crippen LogP contribution is 2.50. The summed E-state index contributed by atoms with van der Waals surface area (Å²) < 4.78 is 21.0. The quantitative estimate of drug-likeness (QED) is 0.161. The molecule has 0 heterocycles. The monoisotopic (exact) mass is 712 g/mol. The lowest BCUT2D eigenvalue weighted by molar-refractivity contribution is 0.377. The Morgan fingerprint density at radius 3 is 1.17 bits per heavy atom. The van der Waals surface area contributed by atoms with Gasteiger partial charge in [0.15, 0.2) is 0 Å². The molecule has 3 nitrogen and oxygen atoms in total. The third-order valence-corrected chi connectivity index (χ3v) is 11.1. The van der Waals surface area contributed by atoms with Crippen molar-refractivity contribution in [1.82, 2.24) is 0 Å². The lowest BCUT2D eigenvalue weighted by Gasteiger charge is -2.28. The Bertz CT molecular complexity index is 2170. The van der Waals surface area contributed by atoms with E-state index in [2.05, 4.69) is 188 Å². The summed E-state index contributed by atoms with van der Waals surface area (Å²) in [4.78, 5) is 0. The van der Waals surface area contributed by atoms with Crippen LogP contribution in [0.1, 0.15) is 116 Å². The Morgan fingerprint density at radius 1 is 0.365 bits per heavy atom. The molecule has 0 aliphatic carbocycles. The third kappa shape index (κ3) is 8.11. The van der Waals surface area contributed by atoms with Crippen molar-refractivity contribution in [1.29, 1.82) is 0 Å². The summed E-state index contributed by atoms with van der Waals surface area (Å²) in [6.45, 7) is 31.2. The van der Waals surface area contributed by atoms with Gasteiger partial charge in [0, 0.05) is 11.1 Å². The molecule has 0 bridgehead atoms. The minimum Gasteiger partial charge on any atom is -0.408 e. The fourth-order valence-corrected chi connectivity index (χ4v) is 7.81. The molecular formula is C48H57O3P. The maximum Gasteiger partial charge on any atom is 0.530 e. The van der Waals surface area contributed by atoms with Crippen LogP contribution in [0.25, 0.3) is 32.3 Å². The highest BCUT2D eigenvalue weighted by Gasteiger charge is 2.30. The van der Waals surface area contributed by atoms with E-state index >= 15 is 0 Å². The zero-order valence-corrected chi connectivity index (χ0v) is 34.7. The standard InChI is InChI=1S/C48H57O3P/c1-30-15-16-32-27-42(31(2)22-35(32)21-30)49-52(50-43-28-33-17-19-38(45(3,4)5)23-36(33)25-40(43)47(9,10)11)51-44-29-34-18-20-39(46(6,7)8)24-37(34)26-41(44)48(12,13)14/h15-29H,1-14H3. The summed E-state index contributed by atoms with van der Waals surface area (Å²) in [5.41, 5.74) is 6.83. The van der Waals surface area contributed by atoms with Crippen LogP contribution in [0.4, 0.5) is 0 Å². The summed E-state index contributed by atoms with van der Waals surface area (Å²) in [5.74, 6) is 2.30. The number of fused-ring (bicyclic) bond motifs is 3. The predicted octanol–water partition coefficient (Wildman–Crippen LogP) is 14.7. The van der Waals surface area contributed by atoms with Crippen LogP contribution in [0.5, 0.6) is 17.2 Å². The predicted molar refractivity (Wildman–Crippen MR) is 225 cm³/mol. The van der Waals surface area contributed by atoms with Crippen molar-refractivity contribution in [2.45, 2.75) is 119 Å². The highest BCUT2D eigenvalue weighted by molar-refractivity contribution is 7.43. The first kappa shape index (κ1) is 37.7. The summed E-state index contributed by atoms with van der Waals surface area (Å²) in [6.07, 6.45) is 0. The van der Waals surface area contributed by atoms with E-state index in [1.807, 2.05) is 0 Å². The summed E-state index contributed by atoms with van der Waals surface area (Å²) >= 11 is 0. The Balaban J connectivity index is 1.50. The fourth-order valence-electron chi connectivity index (χ4n) is 6.72.